The van der Waals surface area contributed by atoms with Crippen LogP contribution in [-0.2, 0) is 29.3 Å². The van der Waals surface area contributed by atoms with Crippen LogP contribution in [0.25, 0.3) is 0 Å². The van der Waals surface area contributed by atoms with Crippen LogP contribution in [0.2, 0.25) is 5.02 Å². The zero-order valence-electron chi connectivity index (χ0n) is 34.9. The minimum absolute atomic E-state index is 0.00780. The van der Waals surface area contributed by atoms with Crippen molar-refractivity contribution in [1.82, 2.24) is 0 Å². The molecule has 6 aliphatic carbocycles. The van der Waals surface area contributed by atoms with Gasteiger partial charge in [-0.1, -0.05) is 78.3 Å². The molecule has 0 heterocycles. The van der Waals surface area contributed by atoms with Crippen LogP contribution in [0.4, 0.5) is 0 Å². The average molecular weight is 773 g/mol. The number of fused-ring (bicyclic) bond motifs is 7. The molecule has 0 spiro atoms. The maximum Gasteiger partial charge on any atom is 0.309 e. The van der Waals surface area contributed by atoms with Crippen LogP contribution in [0.1, 0.15) is 151 Å². The van der Waals surface area contributed by atoms with Gasteiger partial charge in [0.15, 0.2) is 11.6 Å². The lowest BCUT2D eigenvalue weighted by Gasteiger charge is -2.72. The number of esters is 1. The Morgan fingerprint density at radius 1 is 0.891 bits per heavy atom. The molecule has 300 valence electrons. The van der Waals surface area contributed by atoms with Crippen LogP contribution in [0.3, 0.4) is 0 Å². The van der Waals surface area contributed by atoms with Gasteiger partial charge in [0.1, 0.15) is 6.10 Å². The van der Waals surface area contributed by atoms with Gasteiger partial charge in [-0.25, -0.2) is 0 Å². The van der Waals surface area contributed by atoms with Crippen LogP contribution in [-0.4, -0.2) is 34.7 Å². The third-order valence-corrected chi connectivity index (χ3v) is 17.5. The minimum atomic E-state index is -1.17. The molecule has 0 saturated heterocycles. The van der Waals surface area contributed by atoms with Crippen molar-refractivity contribution in [3.8, 4) is 0 Å². The first-order valence-electron chi connectivity index (χ1n) is 21.2. The lowest BCUT2D eigenvalue weighted by Crippen LogP contribution is -2.65. The van der Waals surface area contributed by atoms with Gasteiger partial charge in [-0.15, -0.1) is 0 Å². The number of rotatable bonds is 10. The number of allylic oxidation sites excluding steroid dienone is 4. The second-order valence-corrected chi connectivity index (χ2v) is 21.8. The van der Waals surface area contributed by atoms with E-state index in [1.807, 2.05) is 18.2 Å². The molecule has 0 aromatic heterocycles. The zero-order chi connectivity index (χ0) is 40.1. The fourth-order valence-electron chi connectivity index (χ4n) is 13.8. The number of hydrogen-bond donors (Lipinski definition) is 1. The molecule has 7 heteroatoms. The van der Waals surface area contributed by atoms with E-state index in [0.717, 1.165) is 69.8 Å². The molecule has 6 aliphatic rings. The quantitative estimate of drug-likeness (QED) is 0.188. The standard InChI is InChI=1S/C48H65ClO6/c1-29(2)39-34(51)27-48(21-16-32(50)26-47(24-25-47)30-10-12-31(49)13-11-30)23-22-45(8)33(40(39)48)14-15-36-44(7)19-18-37(55-38(52)28-42(3,4)41(53)54)43(5,6)35(44)17-20-46(36,45)9/h10-13,16,21,29,33,35-37H,14-15,17-20,22-28H2,1-9H3,(H,53,54)/b21-16+/t33-,35+,36-,37+,44+,45-,46-,48+/m1/s1. The van der Waals surface area contributed by atoms with Gasteiger partial charge >= 0.3 is 11.9 Å². The van der Waals surface area contributed by atoms with Crippen molar-refractivity contribution < 1.29 is 29.0 Å². The Morgan fingerprint density at radius 2 is 1.56 bits per heavy atom. The molecular weight excluding hydrogens is 708 g/mol. The number of hydrogen-bond acceptors (Lipinski definition) is 5. The lowest BCUT2D eigenvalue weighted by atomic mass is 9.33. The molecule has 0 amide bonds. The fourth-order valence-corrected chi connectivity index (χ4v) is 14.0. The van der Waals surface area contributed by atoms with E-state index < -0.39 is 22.8 Å². The van der Waals surface area contributed by atoms with Crippen LogP contribution in [0.15, 0.2) is 47.6 Å². The van der Waals surface area contributed by atoms with E-state index in [2.05, 4.69) is 66.7 Å². The van der Waals surface area contributed by atoms with Gasteiger partial charge in [-0.2, -0.15) is 0 Å². The number of benzene rings is 1. The summed E-state index contributed by atoms with van der Waals surface area (Å²) in [6.45, 7) is 19.7. The Morgan fingerprint density at radius 3 is 2.18 bits per heavy atom. The molecule has 5 fully saturated rings. The van der Waals surface area contributed by atoms with Crippen molar-refractivity contribution >= 4 is 35.1 Å². The summed E-state index contributed by atoms with van der Waals surface area (Å²) in [6.07, 6.45) is 14.6. The Labute approximate surface area is 334 Å². The maximum atomic E-state index is 14.1. The number of carboxylic acids is 1. The van der Waals surface area contributed by atoms with Crippen molar-refractivity contribution in [3.63, 3.8) is 0 Å². The highest BCUT2D eigenvalue weighted by Gasteiger charge is 2.70. The minimum Gasteiger partial charge on any atom is -0.481 e. The van der Waals surface area contributed by atoms with Crippen LogP contribution in [0, 0.1) is 56.2 Å². The Bertz CT molecular complexity index is 1830. The Kier molecular flexibility index (Phi) is 9.87. The molecule has 0 aliphatic heterocycles. The number of carbonyl (C=O) groups excluding carboxylic acids is 3. The highest BCUT2D eigenvalue weighted by molar-refractivity contribution is 6.30. The highest BCUT2D eigenvalue weighted by Crippen LogP contribution is 2.77. The first kappa shape index (κ1) is 40.5. The first-order chi connectivity index (χ1) is 25.6. The molecule has 7 rings (SSSR count). The molecule has 6 nitrogen and oxygen atoms in total. The van der Waals surface area contributed by atoms with E-state index in [1.54, 1.807) is 13.8 Å². The van der Waals surface area contributed by atoms with Crippen LogP contribution in [0.5, 0.6) is 0 Å². The molecule has 1 N–H and O–H groups in total. The van der Waals surface area contributed by atoms with Gasteiger partial charge in [-0.05, 0) is 153 Å². The number of ether oxygens (including phenoxy) is 1. The molecule has 8 atom stereocenters. The van der Waals surface area contributed by atoms with Crippen molar-refractivity contribution in [2.75, 3.05) is 0 Å². The summed E-state index contributed by atoms with van der Waals surface area (Å²) in [6, 6.07) is 7.97. The molecule has 1 aromatic carbocycles. The van der Waals surface area contributed by atoms with Crippen molar-refractivity contribution in [3.05, 3.63) is 58.1 Å². The predicted octanol–water partition coefficient (Wildman–Crippen LogP) is 11.3. The van der Waals surface area contributed by atoms with Gasteiger partial charge in [0.05, 0.1) is 11.8 Å². The van der Waals surface area contributed by atoms with Crippen LogP contribution >= 0.6 is 11.6 Å². The molecule has 55 heavy (non-hydrogen) atoms. The Balaban J connectivity index is 1.14. The molecule has 0 unspecified atom stereocenters. The van der Waals surface area contributed by atoms with Crippen LogP contribution < -0.4 is 0 Å². The topological polar surface area (TPSA) is 97.7 Å². The summed E-state index contributed by atoms with van der Waals surface area (Å²) in [7, 11) is 0. The zero-order valence-corrected chi connectivity index (χ0v) is 35.7. The third kappa shape index (κ3) is 6.33. The largest absolute Gasteiger partial charge is 0.481 e. The van der Waals surface area contributed by atoms with Crippen molar-refractivity contribution in [2.24, 2.45) is 56.2 Å². The number of ketones is 2. The SMILES string of the molecule is CC(C)C1=C2[C@H]3CC[C@@H]4[C@@]5(C)CC[C@H](OC(=O)CC(C)(C)C(=O)O)C(C)(C)[C@@H]5CC[C@@]4(C)[C@]3(C)CC[C@@]2(/C=C/C(=O)CC2(c3ccc(Cl)cc3)CC2)CC1=O. The van der Waals surface area contributed by atoms with Gasteiger partial charge in [0, 0.05) is 34.1 Å². The van der Waals surface area contributed by atoms with Crippen molar-refractivity contribution in [1.29, 1.82) is 0 Å². The van der Waals surface area contributed by atoms with E-state index in [1.165, 1.54) is 11.1 Å². The molecule has 1 aromatic rings. The normalized spacial score (nSPS) is 37.5. The number of carboxylic acid groups (broad SMARTS) is 1. The predicted molar refractivity (Wildman–Crippen MR) is 216 cm³/mol. The third-order valence-electron chi connectivity index (χ3n) is 17.3. The van der Waals surface area contributed by atoms with E-state index >= 15 is 0 Å². The number of carbonyl (C=O) groups is 4. The maximum absolute atomic E-state index is 14.1. The molecular formula is C48H65ClO6. The van der Waals surface area contributed by atoms with Gasteiger partial charge in [0.2, 0.25) is 0 Å². The molecule has 5 saturated carbocycles. The average Bonchev–Trinajstić information content (AvgIpc) is 3.80. The second kappa shape index (κ2) is 13.4. The second-order valence-electron chi connectivity index (χ2n) is 21.3. The summed E-state index contributed by atoms with van der Waals surface area (Å²) in [5.41, 5.74) is 1.82. The summed E-state index contributed by atoms with van der Waals surface area (Å²) in [5.74, 6) is 0.302. The van der Waals surface area contributed by atoms with E-state index in [-0.39, 0.29) is 63.0 Å². The van der Waals surface area contributed by atoms with Crippen molar-refractivity contribution in [2.45, 2.75) is 157 Å². The first-order valence-corrected chi connectivity index (χ1v) is 21.6. The van der Waals surface area contributed by atoms with Gasteiger partial charge < -0.3 is 9.84 Å². The van der Waals surface area contributed by atoms with Gasteiger partial charge in [0.25, 0.3) is 0 Å². The van der Waals surface area contributed by atoms with E-state index in [4.69, 9.17) is 16.3 Å². The summed E-state index contributed by atoms with van der Waals surface area (Å²) < 4.78 is 6.18. The lowest BCUT2D eigenvalue weighted by molar-refractivity contribution is -0.232. The monoisotopic (exact) mass is 772 g/mol. The van der Waals surface area contributed by atoms with Gasteiger partial charge in [-0.3, -0.25) is 19.2 Å². The van der Waals surface area contributed by atoms with E-state index in [0.29, 0.717) is 29.7 Å². The molecule has 0 bridgehead atoms. The summed E-state index contributed by atoms with van der Waals surface area (Å²) >= 11 is 6.18. The highest BCUT2D eigenvalue weighted by atomic mass is 35.5. The summed E-state index contributed by atoms with van der Waals surface area (Å²) in [4.78, 5) is 52.8. The van der Waals surface area contributed by atoms with E-state index in [9.17, 15) is 24.3 Å². The number of halogens is 1. The Hall–Kier alpha value is -2.73. The fraction of sp³-hybridized carbons (Fsp3) is 0.708. The number of aliphatic carboxylic acids is 1. The number of Topliss-reactive ketones (excluding diaryl/α,β-unsaturated/α-hetero) is 1. The smallest absolute Gasteiger partial charge is 0.309 e. The molecule has 0 radical (unpaired) electrons. The summed E-state index contributed by atoms with van der Waals surface area (Å²) in [5, 5.41) is 10.3.